The molecule has 8 nitrogen and oxygen atoms in total. The van der Waals surface area contributed by atoms with Crippen LogP contribution in [0.1, 0.15) is 44.7 Å². The number of nitrogens with zero attached hydrogens (tertiary/aromatic N) is 1. The lowest BCUT2D eigenvalue weighted by Gasteiger charge is -2.32. The zero-order chi connectivity index (χ0) is 21.8. The quantitative estimate of drug-likeness (QED) is 0.752. The summed E-state index contributed by atoms with van der Waals surface area (Å²) < 4.78 is 33.2. The van der Waals surface area contributed by atoms with Crippen LogP contribution in [0.5, 0.6) is 0 Å². The number of hydrogen-bond acceptors (Lipinski definition) is 5. The zero-order valence-corrected chi connectivity index (χ0v) is 18.6. The highest BCUT2D eigenvalue weighted by Gasteiger charge is 2.27. The molecule has 1 saturated heterocycles. The van der Waals surface area contributed by atoms with Gasteiger partial charge in [0.05, 0.1) is 4.90 Å². The number of hydrogen-bond donors (Lipinski definition) is 2. The van der Waals surface area contributed by atoms with Crippen LogP contribution >= 0.6 is 0 Å². The Bertz CT molecular complexity index is 853. The van der Waals surface area contributed by atoms with Gasteiger partial charge < -0.3 is 15.0 Å². The van der Waals surface area contributed by atoms with E-state index in [1.165, 1.54) is 0 Å². The van der Waals surface area contributed by atoms with E-state index in [0.29, 0.717) is 31.5 Å². The number of piperidine rings is 1. The number of ether oxygens (including phenoxy) is 1. The van der Waals surface area contributed by atoms with Crippen molar-refractivity contribution in [3.8, 4) is 0 Å². The topological polar surface area (TPSA) is 105 Å². The standard InChI is InChI=1S/C20H31N3O5S/c1-14-6-7-17(15(2)12-14)29(26,27)22-16-8-10-23(11-9-16)18(24)13-21-19(25)28-20(3,4)5/h6-7,12,16,22H,8-11,13H2,1-5H3,(H,21,25). The van der Waals surface area contributed by atoms with Crippen molar-refractivity contribution in [2.45, 2.75) is 64.0 Å². The fourth-order valence-corrected chi connectivity index (χ4v) is 4.74. The minimum absolute atomic E-state index is 0.145. The fourth-order valence-electron chi connectivity index (χ4n) is 3.20. The first-order valence-corrected chi connectivity index (χ1v) is 11.2. The Morgan fingerprint density at radius 3 is 2.34 bits per heavy atom. The predicted octanol–water partition coefficient (Wildman–Crippen LogP) is 2.10. The molecular weight excluding hydrogens is 394 g/mol. The maximum atomic E-state index is 12.7. The number of rotatable bonds is 5. The van der Waals surface area contributed by atoms with Gasteiger partial charge in [-0.2, -0.15) is 0 Å². The normalized spacial score (nSPS) is 15.8. The molecule has 1 aliphatic rings. The average Bonchev–Trinajstić information content (AvgIpc) is 2.58. The highest BCUT2D eigenvalue weighted by molar-refractivity contribution is 7.89. The van der Waals surface area contributed by atoms with E-state index in [9.17, 15) is 18.0 Å². The molecule has 0 spiro atoms. The van der Waals surface area contributed by atoms with Crippen LogP contribution < -0.4 is 10.0 Å². The number of nitrogens with one attached hydrogen (secondary N) is 2. The number of likely N-dealkylation sites (tertiary alicyclic amines) is 1. The van der Waals surface area contributed by atoms with E-state index in [1.807, 2.05) is 13.0 Å². The molecule has 162 valence electrons. The molecule has 9 heteroatoms. The van der Waals surface area contributed by atoms with Crippen molar-refractivity contribution in [3.05, 3.63) is 29.3 Å². The van der Waals surface area contributed by atoms with Crippen molar-refractivity contribution in [2.24, 2.45) is 0 Å². The lowest BCUT2D eigenvalue weighted by atomic mass is 10.1. The molecule has 1 aromatic carbocycles. The van der Waals surface area contributed by atoms with Gasteiger partial charge in [0.25, 0.3) is 0 Å². The van der Waals surface area contributed by atoms with E-state index in [4.69, 9.17) is 4.74 Å². The summed E-state index contributed by atoms with van der Waals surface area (Å²) in [5.41, 5.74) is 1.09. The monoisotopic (exact) mass is 425 g/mol. The fraction of sp³-hybridized carbons (Fsp3) is 0.600. The van der Waals surface area contributed by atoms with Gasteiger partial charge in [-0.05, 0) is 59.1 Å². The Balaban J connectivity index is 1.84. The number of aryl methyl sites for hydroxylation is 2. The Labute approximate surface area is 173 Å². The summed E-state index contributed by atoms with van der Waals surface area (Å²) in [6.07, 6.45) is 0.395. The highest BCUT2D eigenvalue weighted by atomic mass is 32.2. The first kappa shape index (κ1) is 23.2. The largest absolute Gasteiger partial charge is 0.444 e. The molecule has 1 aliphatic heterocycles. The van der Waals surface area contributed by atoms with Crippen LogP contribution in [0.4, 0.5) is 4.79 Å². The van der Waals surface area contributed by atoms with Crippen LogP contribution in [0.3, 0.4) is 0 Å². The number of alkyl carbamates (subject to hydrolysis) is 1. The molecule has 2 rings (SSSR count). The first-order chi connectivity index (χ1) is 13.4. The van der Waals surface area contributed by atoms with E-state index >= 15 is 0 Å². The summed E-state index contributed by atoms with van der Waals surface area (Å²) in [6.45, 7) is 9.65. The third-order valence-electron chi connectivity index (χ3n) is 4.57. The number of carbonyl (C=O) groups is 2. The Hall–Kier alpha value is -2.13. The van der Waals surface area contributed by atoms with Gasteiger partial charge in [0, 0.05) is 19.1 Å². The molecule has 0 aliphatic carbocycles. The highest BCUT2D eigenvalue weighted by Crippen LogP contribution is 2.19. The molecule has 0 aromatic heterocycles. The molecule has 1 aromatic rings. The zero-order valence-electron chi connectivity index (χ0n) is 17.7. The summed E-state index contributed by atoms with van der Waals surface area (Å²) in [5.74, 6) is -0.216. The van der Waals surface area contributed by atoms with Gasteiger partial charge in [0.2, 0.25) is 15.9 Å². The van der Waals surface area contributed by atoms with Gasteiger partial charge in [0.15, 0.2) is 0 Å². The van der Waals surface area contributed by atoms with Gasteiger partial charge >= 0.3 is 6.09 Å². The maximum Gasteiger partial charge on any atom is 0.408 e. The van der Waals surface area contributed by atoms with Gasteiger partial charge in [-0.15, -0.1) is 0 Å². The second kappa shape index (κ2) is 9.13. The van der Waals surface area contributed by atoms with Crippen LogP contribution in [0, 0.1) is 13.8 Å². The second-order valence-electron chi connectivity index (χ2n) is 8.40. The first-order valence-electron chi connectivity index (χ1n) is 9.71. The minimum Gasteiger partial charge on any atom is -0.444 e. The Morgan fingerprint density at radius 1 is 1.17 bits per heavy atom. The lowest BCUT2D eigenvalue weighted by molar-refractivity contribution is -0.131. The Morgan fingerprint density at radius 2 is 1.79 bits per heavy atom. The molecule has 1 fully saturated rings. The van der Waals surface area contributed by atoms with Crippen molar-refractivity contribution in [3.63, 3.8) is 0 Å². The summed E-state index contributed by atoms with van der Waals surface area (Å²) in [6, 6.07) is 5.01. The predicted molar refractivity (Wildman–Crippen MR) is 110 cm³/mol. The molecule has 0 saturated carbocycles. The van der Waals surface area contributed by atoms with E-state index in [-0.39, 0.29) is 23.4 Å². The van der Waals surface area contributed by atoms with Crippen LogP contribution in [0.2, 0.25) is 0 Å². The Kier molecular flexibility index (Phi) is 7.29. The van der Waals surface area contributed by atoms with E-state index < -0.39 is 21.7 Å². The van der Waals surface area contributed by atoms with E-state index in [2.05, 4.69) is 10.0 Å². The van der Waals surface area contributed by atoms with Crippen molar-refractivity contribution in [1.82, 2.24) is 14.9 Å². The van der Waals surface area contributed by atoms with Crippen molar-refractivity contribution < 1.29 is 22.7 Å². The lowest BCUT2D eigenvalue weighted by Crippen LogP contribution is -2.49. The third-order valence-corrected chi connectivity index (χ3v) is 6.25. The minimum atomic E-state index is -3.61. The van der Waals surface area contributed by atoms with Gasteiger partial charge in [-0.1, -0.05) is 17.7 Å². The molecule has 2 N–H and O–H groups in total. The van der Waals surface area contributed by atoms with Crippen molar-refractivity contribution in [2.75, 3.05) is 19.6 Å². The number of sulfonamides is 1. The number of amides is 2. The van der Waals surface area contributed by atoms with E-state index in [0.717, 1.165) is 5.56 Å². The molecule has 29 heavy (non-hydrogen) atoms. The van der Waals surface area contributed by atoms with Crippen molar-refractivity contribution in [1.29, 1.82) is 0 Å². The maximum absolute atomic E-state index is 12.7. The third kappa shape index (κ3) is 7.01. The van der Waals surface area contributed by atoms with Crippen LogP contribution in [-0.4, -0.2) is 56.6 Å². The summed E-state index contributed by atoms with van der Waals surface area (Å²) >= 11 is 0. The molecule has 0 bridgehead atoms. The van der Waals surface area contributed by atoms with Crippen LogP contribution in [0.25, 0.3) is 0 Å². The SMILES string of the molecule is Cc1ccc(S(=O)(=O)NC2CCN(C(=O)CNC(=O)OC(C)(C)C)CC2)c(C)c1. The van der Waals surface area contributed by atoms with Crippen LogP contribution in [-0.2, 0) is 19.6 Å². The second-order valence-corrected chi connectivity index (χ2v) is 10.1. The molecule has 0 atom stereocenters. The summed E-state index contributed by atoms with van der Waals surface area (Å²) in [7, 11) is -3.61. The van der Waals surface area contributed by atoms with Crippen LogP contribution in [0.15, 0.2) is 23.1 Å². The summed E-state index contributed by atoms with van der Waals surface area (Å²) in [5, 5.41) is 2.45. The summed E-state index contributed by atoms with van der Waals surface area (Å²) in [4.78, 5) is 25.8. The van der Waals surface area contributed by atoms with E-state index in [1.54, 1.807) is 44.7 Å². The number of benzene rings is 1. The molecular formula is C20H31N3O5S. The van der Waals surface area contributed by atoms with Gasteiger partial charge in [-0.3, -0.25) is 4.79 Å². The smallest absolute Gasteiger partial charge is 0.408 e. The number of carbonyl (C=O) groups excluding carboxylic acids is 2. The van der Waals surface area contributed by atoms with Crippen molar-refractivity contribution >= 4 is 22.0 Å². The van der Waals surface area contributed by atoms with Gasteiger partial charge in [0.1, 0.15) is 12.1 Å². The molecule has 0 radical (unpaired) electrons. The molecule has 1 heterocycles. The molecule has 2 amide bonds. The average molecular weight is 426 g/mol. The van der Waals surface area contributed by atoms with Gasteiger partial charge in [-0.25, -0.2) is 17.9 Å². The molecule has 0 unspecified atom stereocenters.